The molecule has 2 aromatic carbocycles. The standard InChI is InChI=1S/C23H27N3O2/c27-22(12-15-25-13-3-6-23(25)28)24-16-18-7-9-19(10-8-18)17-26-14-11-20-4-1-2-5-21(20)26/h1-2,4-5,7-10H,3,6,11-17H2,(H,24,27). The van der Waals surface area contributed by atoms with Crippen molar-refractivity contribution in [2.24, 2.45) is 0 Å². The van der Waals surface area contributed by atoms with Crippen LogP contribution in [-0.4, -0.2) is 36.3 Å². The summed E-state index contributed by atoms with van der Waals surface area (Å²) >= 11 is 0. The maximum absolute atomic E-state index is 12.0. The topological polar surface area (TPSA) is 52.7 Å². The van der Waals surface area contributed by atoms with Crippen LogP contribution in [0.25, 0.3) is 0 Å². The number of amides is 2. The lowest BCUT2D eigenvalue weighted by molar-refractivity contribution is -0.128. The number of nitrogens with one attached hydrogen (secondary N) is 1. The molecule has 0 aliphatic carbocycles. The number of nitrogens with zero attached hydrogens (tertiary/aromatic N) is 2. The molecule has 0 bridgehead atoms. The van der Waals surface area contributed by atoms with E-state index in [2.05, 4.69) is 58.7 Å². The molecule has 0 spiro atoms. The minimum Gasteiger partial charge on any atom is -0.367 e. The third-order valence-corrected chi connectivity index (χ3v) is 5.65. The average molecular weight is 377 g/mol. The fourth-order valence-electron chi connectivity index (χ4n) is 4.02. The van der Waals surface area contributed by atoms with E-state index in [4.69, 9.17) is 0 Å². The molecular weight excluding hydrogens is 350 g/mol. The molecule has 2 aromatic rings. The first kappa shape index (κ1) is 18.5. The van der Waals surface area contributed by atoms with E-state index in [1.165, 1.54) is 16.8 Å². The van der Waals surface area contributed by atoms with Crippen LogP contribution in [0.3, 0.4) is 0 Å². The lowest BCUT2D eigenvalue weighted by Crippen LogP contribution is -2.31. The van der Waals surface area contributed by atoms with Gasteiger partial charge in [0.05, 0.1) is 0 Å². The third kappa shape index (κ3) is 4.35. The van der Waals surface area contributed by atoms with Gasteiger partial charge in [-0.15, -0.1) is 0 Å². The van der Waals surface area contributed by atoms with Gasteiger partial charge >= 0.3 is 0 Å². The highest BCUT2D eigenvalue weighted by Gasteiger charge is 2.20. The molecule has 1 saturated heterocycles. The first-order valence-corrected chi connectivity index (χ1v) is 10.1. The Morgan fingerprint density at radius 2 is 1.71 bits per heavy atom. The number of likely N-dealkylation sites (tertiary alicyclic amines) is 1. The molecule has 5 heteroatoms. The normalized spacial score (nSPS) is 15.8. The largest absolute Gasteiger partial charge is 0.367 e. The molecule has 2 amide bonds. The van der Waals surface area contributed by atoms with Crippen LogP contribution < -0.4 is 10.2 Å². The molecule has 1 fully saturated rings. The van der Waals surface area contributed by atoms with Gasteiger partial charge in [0.1, 0.15) is 0 Å². The van der Waals surface area contributed by atoms with Crippen molar-refractivity contribution in [2.45, 2.75) is 38.8 Å². The van der Waals surface area contributed by atoms with E-state index < -0.39 is 0 Å². The van der Waals surface area contributed by atoms with Crippen molar-refractivity contribution in [1.82, 2.24) is 10.2 Å². The van der Waals surface area contributed by atoms with Crippen LogP contribution in [0.5, 0.6) is 0 Å². The van der Waals surface area contributed by atoms with Crippen molar-refractivity contribution in [3.05, 3.63) is 65.2 Å². The molecule has 0 unspecified atom stereocenters. The highest BCUT2D eigenvalue weighted by atomic mass is 16.2. The second kappa shape index (κ2) is 8.46. The second-order valence-electron chi connectivity index (χ2n) is 7.63. The smallest absolute Gasteiger partial charge is 0.222 e. The van der Waals surface area contributed by atoms with Gasteiger partial charge in [0.25, 0.3) is 0 Å². The Balaban J connectivity index is 1.23. The summed E-state index contributed by atoms with van der Waals surface area (Å²) in [6.45, 7) is 3.82. The molecule has 5 nitrogen and oxygen atoms in total. The van der Waals surface area contributed by atoms with E-state index in [1.54, 1.807) is 4.90 Å². The van der Waals surface area contributed by atoms with E-state index in [0.717, 1.165) is 38.0 Å². The van der Waals surface area contributed by atoms with Crippen LogP contribution >= 0.6 is 0 Å². The van der Waals surface area contributed by atoms with Gasteiger partial charge in [-0.05, 0) is 35.6 Å². The molecule has 146 valence electrons. The van der Waals surface area contributed by atoms with Crippen molar-refractivity contribution in [1.29, 1.82) is 0 Å². The van der Waals surface area contributed by atoms with Gasteiger partial charge in [0, 0.05) is 51.3 Å². The Kier molecular flexibility index (Phi) is 5.60. The molecule has 28 heavy (non-hydrogen) atoms. The SMILES string of the molecule is O=C(CCN1CCCC1=O)NCc1ccc(CN2CCc3ccccc32)cc1. The Labute approximate surface area is 166 Å². The molecule has 4 rings (SSSR count). The van der Waals surface area contributed by atoms with E-state index in [1.807, 2.05) is 0 Å². The highest BCUT2D eigenvalue weighted by molar-refractivity contribution is 5.80. The van der Waals surface area contributed by atoms with Gasteiger partial charge in [0.2, 0.25) is 11.8 Å². The minimum atomic E-state index is -0.00236. The molecule has 2 aliphatic rings. The van der Waals surface area contributed by atoms with Crippen LogP contribution in [0.4, 0.5) is 5.69 Å². The van der Waals surface area contributed by atoms with Gasteiger partial charge in [-0.1, -0.05) is 42.5 Å². The van der Waals surface area contributed by atoms with Crippen molar-refractivity contribution in [3.63, 3.8) is 0 Å². The summed E-state index contributed by atoms with van der Waals surface area (Å²) in [6, 6.07) is 17.1. The number of hydrogen-bond donors (Lipinski definition) is 1. The number of rotatable bonds is 7. The number of carbonyl (C=O) groups is 2. The summed E-state index contributed by atoms with van der Waals surface area (Å²) in [4.78, 5) is 27.8. The molecule has 2 aliphatic heterocycles. The van der Waals surface area contributed by atoms with E-state index >= 15 is 0 Å². The fraction of sp³-hybridized carbons (Fsp3) is 0.391. The van der Waals surface area contributed by atoms with Gasteiger partial charge < -0.3 is 15.1 Å². The zero-order valence-electron chi connectivity index (χ0n) is 16.2. The van der Waals surface area contributed by atoms with Crippen molar-refractivity contribution >= 4 is 17.5 Å². The summed E-state index contributed by atoms with van der Waals surface area (Å²) in [5, 5.41) is 2.96. The van der Waals surface area contributed by atoms with E-state index in [-0.39, 0.29) is 11.8 Å². The summed E-state index contributed by atoms with van der Waals surface area (Å²) < 4.78 is 0. The quantitative estimate of drug-likeness (QED) is 0.807. The van der Waals surface area contributed by atoms with E-state index in [0.29, 0.717) is 25.9 Å². The number of carbonyl (C=O) groups excluding carboxylic acids is 2. The third-order valence-electron chi connectivity index (χ3n) is 5.65. The Morgan fingerprint density at radius 1 is 0.929 bits per heavy atom. The summed E-state index contributed by atoms with van der Waals surface area (Å²) in [5.74, 6) is 0.168. The molecule has 0 atom stereocenters. The van der Waals surface area contributed by atoms with Crippen LogP contribution in [-0.2, 0) is 29.1 Å². The molecule has 1 N–H and O–H groups in total. The van der Waals surface area contributed by atoms with Crippen LogP contribution in [0.1, 0.15) is 36.0 Å². The van der Waals surface area contributed by atoms with Crippen molar-refractivity contribution in [3.8, 4) is 0 Å². The zero-order valence-corrected chi connectivity index (χ0v) is 16.2. The molecule has 0 radical (unpaired) electrons. The Hall–Kier alpha value is -2.82. The number of para-hydroxylation sites is 1. The highest BCUT2D eigenvalue weighted by Crippen LogP contribution is 2.28. The predicted molar refractivity (Wildman–Crippen MR) is 110 cm³/mol. The molecule has 2 heterocycles. The maximum atomic E-state index is 12.0. The number of benzene rings is 2. The van der Waals surface area contributed by atoms with Crippen LogP contribution in [0.2, 0.25) is 0 Å². The monoisotopic (exact) mass is 377 g/mol. The van der Waals surface area contributed by atoms with Gasteiger partial charge in [-0.25, -0.2) is 0 Å². The summed E-state index contributed by atoms with van der Waals surface area (Å²) in [5.41, 5.74) is 5.14. The average Bonchev–Trinajstić information content (AvgIpc) is 3.32. The van der Waals surface area contributed by atoms with Crippen molar-refractivity contribution in [2.75, 3.05) is 24.5 Å². The molecular formula is C23H27N3O2. The number of hydrogen-bond acceptors (Lipinski definition) is 3. The molecule has 0 aromatic heterocycles. The summed E-state index contributed by atoms with van der Waals surface area (Å²) in [7, 11) is 0. The van der Waals surface area contributed by atoms with Crippen molar-refractivity contribution < 1.29 is 9.59 Å². The number of anilines is 1. The zero-order chi connectivity index (χ0) is 19.3. The summed E-state index contributed by atoms with van der Waals surface area (Å²) in [6.07, 6.45) is 3.02. The van der Waals surface area contributed by atoms with Crippen LogP contribution in [0.15, 0.2) is 48.5 Å². The first-order valence-electron chi connectivity index (χ1n) is 10.1. The lowest BCUT2D eigenvalue weighted by Gasteiger charge is -2.19. The fourth-order valence-corrected chi connectivity index (χ4v) is 4.02. The first-order chi connectivity index (χ1) is 13.7. The number of fused-ring (bicyclic) bond motifs is 1. The Morgan fingerprint density at radius 3 is 2.50 bits per heavy atom. The molecule has 0 saturated carbocycles. The Bertz CT molecular complexity index is 847. The van der Waals surface area contributed by atoms with Gasteiger partial charge in [-0.3, -0.25) is 9.59 Å². The van der Waals surface area contributed by atoms with Gasteiger partial charge in [0.15, 0.2) is 0 Å². The minimum absolute atomic E-state index is 0.00236. The second-order valence-corrected chi connectivity index (χ2v) is 7.63. The van der Waals surface area contributed by atoms with Gasteiger partial charge in [-0.2, -0.15) is 0 Å². The maximum Gasteiger partial charge on any atom is 0.222 e. The predicted octanol–water partition coefficient (Wildman–Crippen LogP) is 2.88. The van der Waals surface area contributed by atoms with Crippen LogP contribution in [0, 0.1) is 0 Å². The van der Waals surface area contributed by atoms with E-state index in [9.17, 15) is 9.59 Å². The lowest BCUT2D eigenvalue weighted by atomic mass is 10.1.